The second-order valence-corrected chi connectivity index (χ2v) is 5.45. The zero-order valence-electron chi connectivity index (χ0n) is 10.2. The molecule has 0 saturated carbocycles. The maximum Gasteiger partial charge on any atom is 0.169 e. The van der Waals surface area contributed by atoms with E-state index in [4.69, 9.17) is 12.2 Å². The van der Waals surface area contributed by atoms with Crippen LogP contribution in [0, 0.1) is 0 Å². The quantitative estimate of drug-likeness (QED) is 0.814. The third kappa shape index (κ3) is 4.10. The molecule has 0 aliphatic rings. The molecule has 0 atom stereocenters. The van der Waals surface area contributed by atoms with Crippen LogP contribution in [0.4, 0.5) is 0 Å². The summed E-state index contributed by atoms with van der Waals surface area (Å²) in [6.45, 7) is 8.35. The van der Waals surface area contributed by atoms with Gasteiger partial charge in [-0.15, -0.1) is 11.3 Å². The van der Waals surface area contributed by atoms with Gasteiger partial charge in [0.05, 0.1) is 6.54 Å². The molecule has 0 saturated heterocycles. The fourth-order valence-electron chi connectivity index (χ4n) is 1.39. The van der Waals surface area contributed by atoms with E-state index in [1.807, 2.05) is 0 Å². The first-order valence-electron chi connectivity index (χ1n) is 5.72. The Balaban J connectivity index is 2.57. The third-order valence-electron chi connectivity index (χ3n) is 2.32. The van der Waals surface area contributed by atoms with Gasteiger partial charge in [0.2, 0.25) is 0 Å². The van der Waals surface area contributed by atoms with Gasteiger partial charge < -0.3 is 10.2 Å². The van der Waals surface area contributed by atoms with Gasteiger partial charge in [0, 0.05) is 17.5 Å². The molecule has 0 bridgehead atoms. The number of thiocarbonyl (C=S) groups is 1. The molecule has 16 heavy (non-hydrogen) atoms. The van der Waals surface area contributed by atoms with Crippen LogP contribution in [0.5, 0.6) is 0 Å². The molecule has 4 heteroatoms. The van der Waals surface area contributed by atoms with Crippen molar-refractivity contribution in [3.63, 3.8) is 0 Å². The molecule has 0 amide bonds. The van der Waals surface area contributed by atoms with Gasteiger partial charge in [-0.05, 0) is 43.9 Å². The molecule has 1 aromatic rings. The van der Waals surface area contributed by atoms with Crippen LogP contribution in [0.15, 0.2) is 17.5 Å². The Bertz CT molecular complexity index is 307. The Morgan fingerprint density at radius 2 is 2.31 bits per heavy atom. The predicted octanol–water partition coefficient (Wildman–Crippen LogP) is 3.24. The van der Waals surface area contributed by atoms with Crippen LogP contribution in [0.2, 0.25) is 0 Å². The predicted molar refractivity (Wildman–Crippen MR) is 75.9 cm³/mol. The van der Waals surface area contributed by atoms with Crippen molar-refractivity contribution >= 4 is 28.7 Å². The van der Waals surface area contributed by atoms with Gasteiger partial charge in [-0.3, -0.25) is 0 Å². The Labute approximate surface area is 108 Å². The standard InChI is InChI=1S/C12H20N2S2/c1-4-7-13-12(15)14(10(2)3)9-11-6-5-8-16-11/h5-6,8,10H,4,7,9H2,1-3H3,(H,13,15). The summed E-state index contributed by atoms with van der Waals surface area (Å²) < 4.78 is 0. The van der Waals surface area contributed by atoms with Gasteiger partial charge in [0.1, 0.15) is 0 Å². The molecular formula is C12H20N2S2. The monoisotopic (exact) mass is 256 g/mol. The molecule has 0 radical (unpaired) electrons. The normalized spacial score (nSPS) is 10.5. The van der Waals surface area contributed by atoms with Crippen LogP contribution in [0.25, 0.3) is 0 Å². The topological polar surface area (TPSA) is 15.3 Å². The van der Waals surface area contributed by atoms with Crippen LogP contribution in [-0.2, 0) is 6.54 Å². The Morgan fingerprint density at radius 1 is 1.56 bits per heavy atom. The minimum atomic E-state index is 0.430. The van der Waals surface area contributed by atoms with Crippen LogP contribution >= 0.6 is 23.6 Å². The lowest BCUT2D eigenvalue weighted by atomic mass is 10.3. The fraction of sp³-hybridized carbons (Fsp3) is 0.583. The van der Waals surface area contributed by atoms with Crippen LogP contribution < -0.4 is 5.32 Å². The lowest BCUT2D eigenvalue weighted by molar-refractivity contribution is 0.340. The Hall–Kier alpha value is -0.610. The van der Waals surface area contributed by atoms with Gasteiger partial charge >= 0.3 is 0 Å². The van der Waals surface area contributed by atoms with Crippen molar-refractivity contribution in [2.75, 3.05) is 6.54 Å². The molecule has 1 rings (SSSR count). The smallest absolute Gasteiger partial charge is 0.169 e. The first kappa shape index (κ1) is 13.5. The van der Waals surface area contributed by atoms with E-state index in [9.17, 15) is 0 Å². The van der Waals surface area contributed by atoms with Gasteiger partial charge in [-0.2, -0.15) is 0 Å². The number of nitrogens with one attached hydrogen (secondary N) is 1. The van der Waals surface area contributed by atoms with Gasteiger partial charge in [0.15, 0.2) is 5.11 Å². The number of thiophene rings is 1. The minimum Gasteiger partial charge on any atom is -0.363 e. The summed E-state index contributed by atoms with van der Waals surface area (Å²) in [6, 6.07) is 4.67. The first-order chi connectivity index (χ1) is 7.65. The summed E-state index contributed by atoms with van der Waals surface area (Å²) in [5.41, 5.74) is 0. The fourth-order valence-corrected chi connectivity index (χ4v) is 2.47. The van der Waals surface area contributed by atoms with Crippen molar-refractivity contribution in [2.24, 2.45) is 0 Å². The first-order valence-corrected chi connectivity index (χ1v) is 7.00. The van der Waals surface area contributed by atoms with Crippen LogP contribution in [0.1, 0.15) is 32.1 Å². The average molecular weight is 256 g/mol. The van der Waals surface area contributed by atoms with Gasteiger partial charge in [0.25, 0.3) is 0 Å². The lowest BCUT2D eigenvalue weighted by Gasteiger charge is -2.29. The molecule has 0 spiro atoms. The molecule has 2 nitrogen and oxygen atoms in total. The molecule has 1 heterocycles. The molecule has 0 aromatic carbocycles. The van der Waals surface area contributed by atoms with E-state index in [2.05, 4.69) is 48.5 Å². The summed E-state index contributed by atoms with van der Waals surface area (Å²) >= 11 is 7.19. The second-order valence-electron chi connectivity index (χ2n) is 4.03. The molecule has 1 aromatic heterocycles. The summed E-state index contributed by atoms with van der Waals surface area (Å²) in [7, 11) is 0. The van der Waals surface area contributed by atoms with Crippen molar-refractivity contribution in [1.82, 2.24) is 10.2 Å². The highest BCUT2D eigenvalue weighted by atomic mass is 32.1. The maximum absolute atomic E-state index is 5.41. The van der Waals surface area contributed by atoms with E-state index in [1.165, 1.54) is 4.88 Å². The van der Waals surface area contributed by atoms with Crippen molar-refractivity contribution < 1.29 is 0 Å². The molecule has 1 N–H and O–H groups in total. The number of rotatable bonds is 5. The van der Waals surface area contributed by atoms with Crippen molar-refractivity contribution in [3.8, 4) is 0 Å². The Kier molecular flexibility index (Phi) is 5.77. The minimum absolute atomic E-state index is 0.430. The highest BCUT2D eigenvalue weighted by Crippen LogP contribution is 2.14. The number of hydrogen-bond acceptors (Lipinski definition) is 2. The molecular weight excluding hydrogens is 236 g/mol. The second kappa shape index (κ2) is 6.86. The van der Waals surface area contributed by atoms with Crippen molar-refractivity contribution in [2.45, 2.75) is 39.8 Å². The number of nitrogens with zero attached hydrogens (tertiary/aromatic N) is 1. The van der Waals surface area contributed by atoms with Gasteiger partial charge in [-0.25, -0.2) is 0 Å². The van der Waals surface area contributed by atoms with E-state index in [0.29, 0.717) is 6.04 Å². The summed E-state index contributed by atoms with van der Waals surface area (Å²) in [6.07, 6.45) is 1.10. The van der Waals surface area contributed by atoms with E-state index in [1.54, 1.807) is 11.3 Å². The van der Waals surface area contributed by atoms with Crippen molar-refractivity contribution in [3.05, 3.63) is 22.4 Å². The van der Waals surface area contributed by atoms with E-state index >= 15 is 0 Å². The van der Waals surface area contributed by atoms with Gasteiger partial charge in [-0.1, -0.05) is 13.0 Å². The summed E-state index contributed by atoms with van der Waals surface area (Å²) in [4.78, 5) is 3.59. The van der Waals surface area contributed by atoms with E-state index < -0.39 is 0 Å². The molecule has 0 fully saturated rings. The molecule has 0 aliphatic heterocycles. The van der Waals surface area contributed by atoms with Crippen LogP contribution in [-0.4, -0.2) is 22.6 Å². The highest BCUT2D eigenvalue weighted by Gasteiger charge is 2.13. The average Bonchev–Trinajstić information content (AvgIpc) is 2.74. The molecule has 90 valence electrons. The largest absolute Gasteiger partial charge is 0.363 e. The third-order valence-corrected chi connectivity index (χ3v) is 3.56. The summed E-state index contributed by atoms with van der Waals surface area (Å²) in [5.74, 6) is 0. The zero-order chi connectivity index (χ0) is 12.0. The molecule has 0 aliphatic carbocycles. The highest BCUT2D eigenvalue weighted by molar-refractivity contribution is 7.80. The zero-order valence-corrected chi connectivity index (χ0v) is 11.8. The SMILES string of the molecule is CCCNC(=S)N(Cc1cccs1)C(C)C. The summed E-state index contributed by atoms with van der Waals surface area (Å²) in [5, 5.41) is 6.26. The van der Waals surface area contributed by atoms with Crippen LogP contribution in [0.3, 0.4) is 0 Å². The molecule has 0 unspecified atom stereocenters. The van der Waals surface area contributed by atoms with Crippen molar-refractivity contribution in [1.29, 1.82) is 0 Å². The van der Waals surface area contributed by atoms with E-state index in [0.717, 1.165) is 24.6 Å². The maximum atomic E-state index is 5.41. The number of hydrogen-bond donors (Lipinski definition) is 1. The lowest BCUT2D eigenvalue weighted by Crippen LogP contribution is -2.43. The Morgan fingerprint density at radius 3 is 2.81 bits per heavy atom. The van der Waals surface area contributed by atoms with E-state index in [-0.39, 0.29) is 0 Å².